The second-order valence-corrected chi connectivity index (χ2v) is 4.81. The Bertz CT molecular complexity index is 545. The molecule has 0 spiro atoms. The van der Waals surface area contributed by atoms with Crippen LogP contribution in [0.4, 0.5) is 0 Å². The van der Waals surface area contributed by atoms with Crippen LogP contribution in [0.5, 0.6) is 5.75 Å². The molecule has 1 aromatic carbocycles. The van der Waals surface area contributed by atoms with Crippen LogP contribution >= 0.6 is 0 Å². The maximum atomic E-state index is 10.6. The fraction of sp³-hybridized carbons (Fsp3) is 0.353. The molecule has 0 aliphatic rings. The minimum Gasteiger partial charge on any atom is -0.492 e. The molecule has 1 N–H and O–H groups in total. The molecule has 0 bridgehead atoms. The fourth-order valence-electron chi connectivity index (χ4n) is 2.16. The van der Waals surface area contributed by atoms with Gasteiger partial charge in [-0.25, -0.2) is 0 Å². The second kappa shape index (κ2) is 7.76. The Kier molecular flexibility index (Phi) is 5.72. The van der Waals surface area contributed by atoms with E-state index in [1.54, 1.807) is 19.5 Å². The standard InChI is InChI=1S/C17H21NO3/c1-3-9-21-15-10-14(11-18-12-15)16(19)17(20-2)13-7-5-4-6-8-13/h4-8,10-12,16-17,19H,3,9H2,1-2H3. The first-order valence-corrected chi connectivity index (χ1v) is 7.09. The van der Waals surface area contributed by atoms with Crippen LogP contribution < -0.4 is 4.74 Å². The molecular formula is C17H21NO3. The maximum Gasteiger partial charge on any atom is 0.137 e. The third-order valence-corrected chi connectivity index (χ3v) is 3.22. The highest BCUT2D eigenvalue weighted by Crippen LogP contribution is 2.32. The van der Waals surface area contributed by atoms with Crippen molar-refractivity contribution in [3.63, 3.8) is 0 Å². The summed E-state index contributed by atoms with van der Waals surface area (Å²) >= 11 is 0. The lowest BCUT2D eigenvalue weighted by Gasteiger charge is -2.22. The van der Waals surface area contributed by atoms with Crippen LogP contribution in [0.25, 0.3) is 0 Å². The van der Waals surface area contributed by atoms with Crippen molar-refractivity contribution in [1.82, 2.24) is 4.98 Å². The van der Waals surface area contributed by atoms with Gasteiger partial charge in [0.05, 0.1) is 12.8 Å². The van der Waals surface area contributed by atoms with Crippen LogP contribution in [0.2, 0.25) is 0 Å². The number of methoxy groups -OCH3 is 1. The molecule has 0 fully saturated rings. The maximum absolute atomic E-state index is 10.6. The van der Waals surface area contributed by atoms with Crippen molar-refractivity contribution in [2.75, 3.05) is 13.7 Å². The van der Waals surface area contributed by atoms with Crippen LogP contribution in [0.3, 0.4) is 0 Å². The first-order chi connectivity index (χ1) is 10.3. The summed E-state index contributed by atoms with van der Waals surface area (Å²) in [7, 11) is 1.59. The average Bonchev–Trinajstić information content (AvgIpc) is 2.55. The fourth-order valence-corrected chi connectivity index (χ4v) is 2.16. The summed E-state index contributed by atoms with van der Waals surface area (Å²) in [6, 6.07) is 11.5. The number of hydrogen-bond donors (Lipinski definition) is 1. The summed E-state index contributed by atoms with van der Waals surface area (Å²) in [6.45, 7) is 2.68. The smallest absolute Gasteiger partial charge is 0.137 e. The monoisotopic (exact) mass is 287 g/mol. The highest BCUT2D eigenvalue weighted by atomic mass is 16.5. The molecule has 2 atom stereocenters. The second-order valence-electron chi connectivity index (χ2n) is 4.81. The number of ether oxygens (including phenoxy) is 2. The van der Waals surface area contributed by atoms with Gasteiger partial charge in [-0.1, -0.05) is 37.3 Å². The van der Waals surface area contributed by atoms with Gasteiger partial charge in [0, 0.05) is 18.9 Å². The van der Waals surface area contributed by atoms with E-state index in [1.165, 1.54) is 0 Å². The van der Waals surface area contributed by atoms with Gasteiger partial charge in [-0.3, -0.25) is 4.98 Å². The molecule has 0 aliphatic carbocycles. The summed E-state index contributed by atoms with van der Waals surface area (Å²) in [5, 5.41) is 10.6. The largest absolute Gasteiger partial charge is 0.492 e. The molecule has 4 nitrogen and oxygen atoms in total. The topological polar surface area (TPSA) is 51.6 Å². The van der Waals surface area contributed by atoms with Gasteiger partial charge >= 0.3 is 0 Å². The number of rotatable bonds is 7. The van der Waals surface area contributed by atoms with Crippen LogP contribution in [0, 0.1) is 0 Å². The molecule has 0 radical (unpaired) electrons. The molecule has 0 saturated heterocycles. The Morgan fingerprint density at radius 1 is 1.14 bits per heavy atom. The van der Waals surface area contributed by atoms with Crippen molar-refractivity contribution in [3.05, 3.63) is 59.9 Å². The summed E-state index contributed by atoms with van der Waals surface area (Å²) in [5.74, 6) is 0.663. The number of pyridine rings is 1. The first-order valence-electron chi connectivity index (χ1n) is 7.09. The average molecular weight is 287 g/mol. The number of hydrogen-bond acceptors (Lipinski definition) is 4. The summed E-state index contributed by atoms with van der Waals surface area (Å²) in [4.78, 5) is 4.13. The van der Waals surface area contributed by atoms with Crippen molar-refractivity contribution in [3.8, 4) is 5.75 Å². The Hall–Kier alpha value is -1.91. The Morgan fingerprint density at radius 3 is 2.57 bits per heavy atom. The zero-order valence-corrected chi connectivity index (χ0v) is 12.4. The van der Waals surface area contributed by atoms with E-state index >= 15 is 0 Å². The van der Waals surface area contributed by atoms with Gasteiger partial charge in [0.25, 0.3) is 0 Å². The Morgan fingerprint density at radius 2 is 1.90 bits per heavy atom. The minimum absolute atomic E-state index is 0.436. The predicted molar refractivity (Wildman–Crippen MR) is 81.2 cm³/mol. The normalized spacial score (nSPS) is 13.7. The van der Waals surface area contributed by atoms with E-state index in [1.807, 2.05) is 43.3 Å². The SMILES string of the molecule is CCCOc1cncc(C(O)C(OC)c2ccccc2)c1. The molecular weight excluding hydrogens is 266 g/mol. The van der Waals surface area contributed by atoms with Crippen molar-refractivity contribution < 1.29 is 14.6 Å². The van der Waals surface area contributed by atoms with Crippen molar-refractivity contribution in [2.24, 2.45) is 0 Å². The number of aliphatic hydroxyl groups excluding tert-OH is 1. The minimum atomic E-state index is -0.796. The summed E-state index contributed by atoms with van der Waals surface area (Å²) in [5.41, 5.74) is 1.60. The van der Waals surface area contributed by atoms with Crippen LogP contribution in [-0.4, -0.2) is 23.8 Å². The Balaban J connectivity index is 2.19. The van der Waals surface area contributed by atoms with Crippen molar-refractivity contribution in [1.29, 1.82) is 0 Å². The molecule has 21 heavy (non-hydrogen) atoms. The quantitative estimate of drug-likeness (QED) is 0.849. The van der Waals surface area contributed by atoms with Gasteiger partial charge in [0.2, 0.25) is 0 Å². The summed E-state index contributed by atoms with van der Waals surface area (Å²) < 4.78 is 11.0. The summed E-state index contributed by atoms with van der Waals surface area (Å²) in [6.07, 6.45) is 2.98. The van der Waals surface area contributed by atoms with Gasteiger partial charge in [-0.15, -0.1) is 0 Å². The molecule has 0 aliphatic heterocycles. The van der Waals surface area contributed by atoms with E-state index in [0.29, 0.717) is 17.9 Å². The molecule has 112 valence electrons. The van der Waals surface area contributed by atoms with Crippen LogP contribution in [0.1, 0.15) is 36.7 Å². The lowest BCUT2D eigenvalue weighted by Crippen LogP contribution is -2.13. The highest BCUT2D eigenvalue weighted by molar-refractivity contribution is 5.28. The predicted octanol–water partition coefficient (Wildman–Crippen LogP) is 3.29. The van der Waals surface area contributed by atoms with Gasteiger partial charge in [0.1, 0.15) is 18.0 Å². The molecule has 2 unspecified atom stereocenters. The van der Waals surface area contributed by atoms with E-state index in [4.69, 9.17) is 9.47 Å². The van der Waals surface area contributed by atoms with E-state index in [2.05, 4.69) is 4.98 Å². The van der Waals surface area contributed by atoms with Gasteiger partial charge < -0.3 is 14.6 Å². The van der Waals surface area contributed by atoms with Gasteiger partial charge in [-0.05, 0) is 18.1 Å². The molecule has 4 heteroatoms. The highest BCUT2D eigenvalue weighted by Gasteiger charge is 2.23. The Labute approximate surface area is 125 Å². The van der Waals surface area contributed by atoms with Gasteiger partial charge in [0.15, 0.2) is 0 Å². The van der Waals surface area contributed by atoms with Crippen molar-refractivity contribution >= 4 is 0 Å². The lowest BCUT2D eigenvalue weighted by molar-refractivity contribution is -0.0151. The first kappa shape index (κ1) is 15.5. The molecule has 0 amide bonds. The van der Waals surface area contributed by atoms with Gasteiger partial charge in [-0.2, -0.15) is 0 Å². The molecule has 2 aromatic rings. The van der Waals surface area contributed by atoms with E-state index < -0.39 is 12.2 Å². The van der Waals surface area contributed by atoms with Crippen molar-refractivity contribution in [2.45, 2.75) is 25.6 Å². The zero-order valence-electron chi connectivity index (χ0n) is 12.4. The van der Waals surface area contributed by atoms with Crippen LogP contribution in [-0.2, 0) is 4.74 Å². The third-order valence-electron chi connectivity index (χ3n) is 3.22. The zero-order chi connectivity index (χ0) is 15.1. The number of nitrogens with zero attached hydrogens (tertiary/aromatic N) is 1. The lowest BCUT2D eigenvalue weighted by atomic mass is 9.99. The number of aliphatic hydroxyl groups is 1. The molecule has 0 saturated carbocycles. The molecule has 2 rings (SSSR count). The van der Waals surface area contributed by atoms with E-state index in [0.717, 1.165) is 12.0 Å². The number of aromatic nitrogens is 1. The third kappa shape index (κ3) is 4.03. The van der Waals surface area contributed by atoms with Crippen LogP contribution in [0.15, 0.2) is 48.8 Å². The van der Waals surface area contributed by atoms with E-state index in [9.17, 15) is 5.11 Å². The number of benzene rings is 1. The van der Waals surface area contributed by atoms with E-state index in [-0.39, 0.29) is 0 Å². The molecule has 1 heterocycles. The molecule has 1 aromatic heterocycles.